The highest BCUT2D eigenvalue weighted by atomic mass is 35.5. The lowest BCUT2D eigenvalue weighted by Crippen LogP contribution is -2.57. The summed E-state index contributed by atoms with van der Waals surface area (Å²) in [5.74, 6) is 3.19. The van der Waals surface area contributed by atoms with Crippen LogP contribution < -0.4 is 26.0 Å². The van der Waals surface area contributed by atoms with Gasteiger partial charge in [0.1, 0.15) is 23.1 Å². The third-order valence-electron chi connectivity index (χ3n) is 19.1. The quantitative estimate of drug-likeness (QED) is 0.0384. The number of fused-ring (bicyclic) bond motifs is 7. The van der Waals surface area contributed by atoms with Crippen molar-refractivity contribution in [1.82, 2.24) is 20.6 Å². The van der Waals surface area contributed by atoms with Crippen LogP contribution in [-0.4, -0.2) is 111 Å². The maximum absolute atomic E-state index is 13.2. The fourth-order valence-electron chi connectivity index (χ4n) is 14.5. The molecule has 14 nitrogen and oxygen atoms in total. The molecule has 87 heavy (non-hydrogen) atoms. The van der Waals surface area contributed by atoms with Crippen molar-refractivity contribution < 1.29 is 65.6 Å². The number of ether oxygens (including phenoxy) is 1. The number of aromatic amines is 1. The van der Waals surface area contributed by atoms with E-state index in [4.69, 9.17) is 38.8 Å². The number of carboxylic acids is 1. The zero-order valence-electron chi connectivity index (χ0n) is 50.2. The van der Waals surface area contributed by atoms with Gasteiger partial charge in [0.15, 0.2) is 11.6 Å². The van der Waals surface area contributed by atoms with Gasteiger partial charge in [-0.2, -0.15) is 26.3 Å². The van der Waals surface area contributed by atoms with Crippen molar-refractivity contribution in [1.29, 1.82) is 0 Å². The van der Waals surface area contributed by atoms with E-state index in [9.17, 15) is 55.7 Å². The Morgan fingerprint density at radius 3 is 2.20 bits per heavy atom. The van der Waals surface area contributed by atoms with Crippen molar-refractivity contribution in [2.24, 2.45) is 40.2 Å². The normalized spacial score (nSPS) is 25.7. The zero-order chi connectivity index (χ0) is 63.8. The molecule has 0 radical (unpaired) electrons. The van der Waals surface area contributed by atoms with E-state index in [2.05, 4.69) is 46.3 Å². The Balaban J connectivity index is 0.000000168. The highest BCUT2D eigenvalue weighted by molar-refractivity contribution is 6.18. The number of piperidine rings is 1. The number of alkyl halides is 8. The van der Waals surface area contributed by atoms with Gasteiger partial charge in [-0.05, 0) is 172 Å². The summed E-state index contributed by atoms with van der Waals surface area (Å²) in [5, 5.41) is 37.4. The van der Waals surface area contributed by atoms with Gasteiger partial charge in [-0.1, -0.05) is 57.0 Å². The van der Waals surface area contributed by atoms with Crippen LogP contribution in [0.25, 0.3) is 21.8 Å². The molecule has 5 aliphatic rings. The number of H-pyrrole nitrogens is 1. The van der Waals surface area contributed by atoms with Crippen LogP contribution in [-0.2, 0) is 44.4 Å². The number of aromatic nitrogens is 2. The first-order chi connectivity index (χ1) is 41.0. The number of para-hydroxylation sites is 1. The number of ketones is 2. The Kier molecular flexibility index (Phi) is 22.8. The highest BCUT2D eigenvalue weighted by Crippen LogP contribution is 2.68. The number of carbonyl (C=O) groups is 4. The largest absolute Gasteiger partial charge is 0.497 e. The molecule has 8 N–H and O–H groups in total. The lowest BCUT2D eigenvalue weighted by atomic mass is 9.45. The number of hydrogen-bond donors (Lipinski definition) is 7. The molecule has 1 saturated heterocycles. The van der Waals surface area contributed by atoms with Gasteiger partial charge in [0.25, 0.3) is 0 Å². The van der Waals surface area contributed by atoms with Gasteiger partial charge < -0.3 is 46.3 Å². The summed E-state index contributed by atoms with van der Waals surface area (Å²) in [7, 11) is 1.66. The number of aliphatic carboxylic acids is 1. The van der Waals surface area contributed by atoms with Crippen molar-refractivity contribution >= 4 is 74.1 Å². The van der Waals surface area contributed by atoms with E-state index in [0.717, 1.165) is 98.4 Å². The summed E-state index contributed by atoms with van der Waals surface area (Å²) < 4.78 is 84.5. The minimum atomic E-state index is -4.93. The molecule has 10 rings (SSSR count). The molecule has 4 fully saturated rings. The molecule has 3 saturated carbocycles. The average molecular weight is 1260 g/mol. The second-order valence-electron chi connectivity index (χ2n) is 24.3. The molecule has 3 heterocycles. The summed E-state index contributed by atoms with van der Waals surface area (Å²) in [6.45, 7) is 12.6. The first kappa shape index (κ1) is 68.7. The number of pyridine rings is 1. The SMILES string of the molecule is CC(=O)[C@@]1(O)CC[C@H]2[C@@H]3C[C@H](C)C4=CC(=O)CC[C@]4(C)[C@H]3CC[C@@]21C.COc1ccc2[nH]cc(CCNC(C)=O)c2c1.N[C@@H](Cc1ccc(N(CCCl)CCCl)cc1)C(=O)O.O[C@@H](c1cc(C(F)(F)F)nc2c(C(F)(F)F)cccc12)[C@H]1CCCCN1. The fourth-order valence-corrected chi connectivity index (χ4v) is 14.9. The summed E-state index contributed by atoms with van der Waals surface area (Å²) in [6.07, 6.45) is 2.42. The average Bonchev–Trinajstić information content (AvgIpc) is 1.67. The Morgan fingerprint density at radius 2 is 1.60 bits per heavy atom. The molecule has 0 bridgehead atoms. The van der Waals surface area contributed by atoms with E-state index in [1.165, 1.54) is 24.1 Å². The highest BCUT2D eigenvalue weighted by Gasteiger charge is 2.66. The molecular formula is C65H82Cl2F6N6O8. The molecule has 4 aliphatic carbocycles. The van der Waals surface area contributed by atoms with Crippen molar-refractivity contribution in [3.05, 3.63) is 113 Å². The second kappa shape index (κ2) is 28.8. The van der Waals surface area contributed by atoms with Crippen LogP contribution in [0.4, 0.5) is 32.0 Å². The first-order valence-corrected chi connectivity index (χ1v) is 30.9. The number of anilines is 1. The minimum Gasteiger partial charge on any atom is -0.497 e. The number of nitrogens with two attached hydrogens (primary N) is 1. The number of allylic oxidation sites excluding steroid dienone is 1. The molecule has 2 aromatic heterocycles. The van der Waals surface area contributed by atoms with E-state index < -0.39 is 58.9 Å². The molecule has 10 atom stereocenters. The summed E-state index contributed by atoms with van der Waals surface area (Å²) in [4.78, 5) is 54.3. The van der Waals surface area contributed by atoms with Crippen molar-refractivity contribution in [2.75, 3.05) is 49.9 Å². The number of methoxy groups -OCH3 is 1. The standard InChI is InChI=1S/C22H32O3.C17H16F6N2O.C13H18Cl2N2O2.C13H16N2O2/c1-13-11-16-17(20(3)8-5-15(24)12-19(13)20)6-9-21(4)18(16)7-10-22(21,25)14(2)23;18-16(19,20)11-5-3-4-9-10(15(26)12-6-1-2-7-24-12)8-13(17(21,22)23)25-14(9)11;14-5-7-17(8-6-15)11-3-1-10(2-4-11)9-12(16)13(18)19;1-9(16)14-6-5-10-8-15-13-4-3-11(17-2)7-12(10)13/h12-13,16-18,25H,5-11H2,1-4H3;3-5,8,12,15,24,26H,1-2,6-7H2;1-4,12H,5-9,16H2,(H,18,19);3-4,7-8,15H,5-6H2,1-2H3,(H,14,16)/t13-,16+,17-,18-,20+,21-,22-;12-,15+;12-;/m010./s1. The molecule has 0 spiro atoms. The van der Waals surface area contributed by atoms with Crippen LogP contribution >= 0.6 is 23.2 Å². The topological polar surface area (TPSA) is 220 Å². The van der Waals surface area contributed by atoms with Gasteiger partial charge in [0.2, 0.25) is 5.91 Å². The molecule has 22 heteroatoms. The minimum absolute atomic E-state index is 0.00224. The molecule has 3 aromatic carbocycles. The van der Waals surface area contributed by atoms with Gasteiger partial charge in [-0.25, -0.2) is 4.98 Å². The smallest absolute Gasteiger partial charge is 0.433 e. The number of aliphatic hydroxyl groups is 2. The molecule has 5 aromatic rings. The fraction of sp³-hybridized carbons (Fsp3) is 0.554. The van der Waals surface area contributed by atoms with Gasteiger partial charge in [-0.3, -0.25) is 19.2 Å². The third-order valence-corrected chi connectivity index (χ3v) is 19.4. The maximum atomic E-state index is 13.2. The molecule has 476 valence electrons. The second-order valence-corrected chi connectivity index (χ2v) is 25.1. The Morgan fingerprint density at radius 1 is 0.908 bits per heavy atom. The number of carboxylic acid groups (broad SMARTS) is 1. The summed E-state index contributed by atoms with van der Waals surface area (Å²) >= 11 is 11.5. The van der Waals surface area contributed by atoms with Crippen molar-refractivity contribution in [3.63, 3.8) is 0 Å². The first-order valence-electron chi connectivity index (χ1n) is 29.8. The monoisotopic (exact) mass is 1260 g/mol. The van der Waals surface area contributed by atoms with Crippen LogP contribution in [0.3, 0.4) is 0 Å². The molecular weight excluding hydrogens is 1180 g/mol. The predicted octanol–water partition coefficient (Wildman–Crippen LogP) is 12.3. The number of amides is 1. The number of nitrogens with one attached hydrogen (secondary N) is 3. The molecule has 0 unspecified atom stereocenters. The van der Waals surface area contributed by atoms with Gasteiger partial charge in [0, 0.05) is 84.4 Å². The molecule has 1 aliphatic heterocycles. The summed E-state index contributed by atoms with van der Waals surface area (Å²) in [6, 6.07) is 15.9. The van der Waals surface area contributed by atoms with Gasteiger partial charge in [0.05, 0.1) is 24.3 Å². The van der Waals surface area contributed by atoms with E-state index in [0.29, 0.717) is 92.1 Å². The third kappa shape index (κ3) is 15.6. The van der Waals surface area contributed by atoms with E-state index in [1.54, 1.807) is 14.0 Å². The lowest BCUT2D eigenvalue weighted by Gasteiger charge is -2.60. The van der Waals surface area contributed by atoms with Gasteiger partial charge >= 0.3 is 18.3 Å². The Bertz CT molecular complexity index is 3240. The molecule has 1 amide bonds. The number of nitrogens with zero attached hydrogens (tertiary/aromatic N) is 2. The van der Waals surface area contributed by atoms with Crippen LogP contribution in [0.5, 0.6) is 5.75 Å². The number of Topliss-reactive ketones (excluding diaryl/α,β-unsaturated/α-hetero) is 1. The van der Waals surface area contributed by atoms with Crippen molar-refractivity contribution in [2.45, 2.75) is 148 Å². The number of benzene rings is 3. The van der Waals surface area contributed by atoms with Crippen LogP contribution in [0.2, 0.25) is 0 Å². The van der Waals surface area contributed by atoms with E-state index in [-0.39, 0.29) is 33.5 Å². The number of carbonyl (C=O) groups excluding carboxylic acids is 3. The van der Waals surface area contributed by atoms with E-state index >= 15 is 0 Å². The lowest BCUT2D eigenvalue weighted by molar-refractivity contribution is -0.161. The van der Waals surface area contributed by atoms with Crippen LogP contribution in [0.15, 0.2) is 84.6 Å². The number of aliphatic hydroxyl groups excluding tert-OH is 1. The van der Waals surface area contributed by atoms with Crippen molar-refractivity contribution in [3.8, 4) is 5.75 Å². The number of halogens is 8. The number of hydrogen-bond acceptors (Lipinski definition) is 11. The number of rotatable bonds is 15. The zero-order valence-corrected chi connectivity index (χ0v) is 51.7. The maximum Gasteiger partial charge on any atom is 0.433 e. The Hall–Kier alpha value is -5.77. The Labute approximate surface area is 514 Å². The van der Waals surface area contributed by atoms with Crippen LogP contribution in [0, 0.1) is 34.5 Å². The predicted molar refractivity (Wildman–Crippen MR) is 326 cm³/mol. The van der Waals surface area contributed by atoms with Crippen LogP contribution in [0.1, 0.15) is 133 Å². The summed E-state index contributed by atoms with van der Waals surface area (Å²) in [5.41, 5.74) is 6.08. The van der Waals surface area contributed by atoms with E-state index in [1.807, 2.05) is 54.7 Å². The van der Waals surface area contributed by atoms with Gasteiger partial charge in [-0.15, -0.1) is 23.2 Å².